The van der Waals surface area contributed by atoms with Gasteiger partial charge in [0.2, 0.25) is 0 Å². The van der Waals surface area contributed by atoms with E-state index in [9.17, 15) is 0 Å². The average Bonchev–Trinajstić information content (AvgIpc) is 4.34. The third-order valence-electron chi connectivity index (χ3n) is 20.6. The fourth-order valence-corrected chi connectivity index (χ4v) is 17.4. The highest BCUT2D eigenvalue weighted by molar-refractivity contribution is 5.95. The van der Waals surface area contributed by atoms with Crippen molar-refractivity contribution in [3.8, 4) is 0 Å². The molecule has 13 atom stereocenters. The maximum Gasteiger partial charge on any atom is 0.326 e. The largest absolute Gasteiger partial charge is 0.326 e. The van der Waals surface area contributed by atoms with E-state index in [0.717, 1.165) is 5.56 Å². The predicted molar refractivity (Wildman–Crippen MR) is 246 cm³/mol. The first kappa shape index (κ1) is 42.5. The average molecular weight is 1100 g/mol. The van der Waals surface area contributed by atoms with E-state index in [1.54, 1.807) is 0 Å². The van der Waals surface area contributed by atoms with Crippen molar-refractivity contribution < 1.29 is 57.5 Å². The van der Waals surface area contributed by atoms with Crippen molar-refractivity contribution in [1.82, 2.24) is 118 Å². The molecule has 1 unspecified atom stereocenters. The van der Waals surface area contributed by atoms with Gasteiger partial charge in [0.05, 0.1) is 0 Å². The predicted octanol–water partition coefficient (Wildman–Crippen LogP) is -3.66. The van der Waals surface area contributed by atoms with Crippen LogP contribution in [0.25, 0.3) is 0 Å². The van der Waals surface area contributed by atoms with Gasteiger partial charge in [0.1, 0.15) is 79.5 Å². The number of hydrogen-bond donors (Lipinski definition) is 0. The molecule has 80 heavy (non-hydrogen) atoms. The minimum atomic E-state index is -1.22. The Morgan fingerprint density at radius 2 is 0.412 bits per heavy atom. The summed E-state index contributed by atoms with van der Waals surface area (Å²) in [5, 5.41) is 0. The van der Waals surface area contributed by atoms with Crippen LogP contribution in [-0.2, 0) is 6.42 Å². The van der Waals surface area contributed by atoms with Crippen LogP contribution in [0, 0.1) is 0 Å². The molecule has 0 saturated carbocycles. The number of carbonyl (C=O) groups is 12. The molecule has 36 heteroatoms. The summed E-state index contributed by atoms with van der Waals surface area (Å²) in [6, 6.07) is 1.45. The number of benzene rings is 1. The Morgan fingerprint density at radius 3 is 0.625 bits per heavy atom. The topological polar surface area (TPSA) is 283 Å². The smallest absolute Gasteiger partial charge is 0.282 e. The zero-order valence-electron chi connectivity index (χ0n) is 41.7. The van der Waals surface area contributed by atoms with E-state index in [1.165, 1.54) is 118 Å². The molecule has 18 heterocycles. The number of hydrogen-bond acceptors (Lipinski definition) is 12. The lowest BCUT2D eigenvalue weighted by atomic mass is 10.1. The van der Waals surface area contributed by atoms with Crippen LogP contribution in [-0.4, -0.2) is 343 Å². The molecular weight excluding hydrogens is 1060 g/mol. The zero-order chi connectivity index (χ0) is 53.6. The molecule has 1 aromatic rings. The van der Waals surface area contributed by atoms with Crippen LogP contribution >= 0.6 is 0 Å². The quantitative estimate of drug-likeness (QED) is 0.283. The van der Waals surface area contributed by atoms with Crippen LogP contribution in [0.2, 0.25) is 0 Å². The molecule has 19 rings (SSSR count). The summed E-state index contributed by atoms with van der Waals surface area (Å²) < 4.78 is 0. The highest BCUT2D eigenvalue weighted by Crippen LogP contribution is 2.52. The Bertz CT molecular complexity index is 3170. The molecular formula is C44H44N24O12. The van der Waals surface area contributed by atoms with Gasteiger partial charge in [-0.2, -0.15) is 0 Å². The standard InChI is InChI=1S/C44H44N24O12/c69-33-45-8-46-22-24-50(34(46)70)11-54-26-28-58(38(54)74)15-62-30-32-66(42(62)78)18-65-31-29-61(41(65)77)14-57-27-25-53(37(57)73)10-49(33)23-21(45)47-9-48(22)36(72)52(24)13-56(26)40(76)60(28)17-64(30)44(80)68(32)20(7-6-19-4-2-1-3-5-19)67(31)43(79)63(29)16-59(27)39(75)55(25)12-51(23)35(47)71/h1-5,20-32H,6-18H2/t20?,21-,22+,23+,24-,25-,26+,27+,28-,29-,30+,31+,32-. The van der Waals surface area contributed by atoms with E-state index >= 15 is 57.5 Å². The van der Waals surface area contributed by atoms with E-state index < -0.39 is 226 Å². The second-order valence-corrected chi connectivity index (χ2v) is 23.6. The Morgan fingerprint density at radius 1 is 0.237 bits per heavy atom. The van der Waals surface area contributed by atoms with Gasteiger partial charge in [-0.05, 0) is 18.4 Å². The number of rotatable bonds is 3. The van der Waals surface area contributed by atoms with Crippen LogP contribution in [0.5, 0.6) is 0 Å². The summed E-state index contributed by atoms with van der Waals surface area (Å²) in [5.74, 6) is 0. The second-order valence-electron chi connectivity index (χ2n) is 23.6. The molecule has 412 valence electrons. The van der Waals surface area contributed by atoms with Crippen molar-refractivity contribution in [3.05, 3.63) is 35.9 Å². The molecule has 0 aliphatic carbocycles. The molecule has 18 aliphatic rings. The van der Waals surface area contributed by atoms with Gasteiger partial charge in [-0.1, -0.05) is 30.3 Å². The van der Waals surface area contributed by atoms with E-state index in [4.69, 9.17) is 0 Å². The second kappa shape index (κ2) is 13.0. The van der Waals surface area contributed by atoms with Crippen LogP contribution < -0.4 is 0 Å². The van der Waals surface area contributed by atoms with Gasteiger partial charge in [-0.25, -0.2) is 57.5 Å². The van der Waals surface area contributed by atoms with Gasteiger partial charge < -0.3 is 0 Å². The lowest BCUT2D eigenvalue weighted by Crippen LogP contribution is -2.66. The molecule has 18 saturated heterocycles. The normalized spacial score (nSPS) is 38.4. The number of carbonyl (C=O) groups excluding carboxylic acids is 12. The third kappa shape index (κ3) is 4.23. The van der Waals surface area contributed by atoms with Crippen molar-refractivity contribution in [2.75, 3.05) is 73.4 Å². The molecule has 18 aliphatic heterocycles. The number of aryl methyl sites for hydroxylation is 1. The monoisotopic (exact) mass is 1100 g/mol. The van der Waals surface area contributed by atoms with Gasteiger partial charge in [-0.3, -0.25) is 118 Å². The molecule has 0 N–H and O–H groups in total. The summed E-state index contributed by atoms with van der Waals surface area (Å²) in [6.45, 7) is -5.19. The molecule has 0 bridgehead atoms. The molecule has 0 spiro atoms. The van der Waals surface area contributed by atoms with E-state index in [1.807, 2.05) is 30.3 Å². The SMILES string of the molecule is O=C1N2CN3C(=O)N4CN5C(=O)N6CN7C(=O)N8CN9C(=O)N%10CN%11C(=O)N%12CN1[C@H]1[C@@H]2N2CN%13C(=O)N(CN%14C(=O)N(CN%15C(=O)N(C(CCc%16ccccc%16)N%16C(=O)N(CN%17C(=O)N(CN1C2=O)[C@H]%12[C@H]%11%17)[C@H]%10[C@H]9%16)[C@H]8[C@H]7%15)[C@H]6[C@H]5%14)[C@H]4[C@H]3%13. The van der Waals surface area contributed by atoms with E-state index in [0.29, 0.717) is 6.42 Å². The Kier molecular flexibility index (Phi) is 6.88. The first-order chi connectivity index (χ1) is 38.7. The minimum Gasteiger partial charge on any atom is -0.282 e. The van der Waals surface area contributed by atoms with Gasteiger partial charge >= 0.3 is 72.4 Å². The fraction of sp³-hybridized carbons (Fsp3) is 0.591. The van der Waals surface area contributed by atoms with Gasteiger partial charge in [0.25, 0.3) is 0 Å². The maximum atomic E-state index is 15.9. The Labute approximate surface area is 448 Å². The van der Waals surface area contributed by atoms with Crippen molar-refractivity contribution >= 4 is 72.4 Å². The van der Waals surface area contributed by atoms with Crippen molar-refractivity contribution in [2.24, 2.45) is 0 Å². The molecule has 36 nitrogen and oxygen atoms in total. The first-order valence-corrected chi connectivity index (χ1v) is 26.7. The molecule has 0 aromatic heterocycles. The summed E-state index contributed by atoms with van der Waals surface area (Å²) in [4.78, 5) is 219. The van der Waals surface area contributed by atoms with Crippen LogP contribution in [0.3, 0.4) is 0 Å². The number of nitrogens with zero attached hydrogens (tertiary/aromatic N) is 24. The van der Waals surface area contributed by atoms with Crippen molar-refractivity contribution in [2.45, 2.75) is 93.0 Å². The summed E-state index contributed by atoms with van der Waals surface area (Å²) >= 11 is 0. The molecule has 1 aromatic carbocycles. The van der Waals surface area contributed by atoms with Crippen molar-refractivity contribution in [1.29, 1.82) is 0 Å². The van der Waals surface area contributed by atoms with E-state index in [2.05, 4.69) is 0 Å². The molecule has 18 fully saturated rings. The third-order valence-corrected chi connectivity index (χ3v) is 20.6. The maximum absolute atomic E-state index is 15.9. The molecule has 24 amide bonds. The summed E-state index contributed by atoms with van der Waals surface area (Å²) in [6.07, 6.45) is -15.2. The highest BCUT2D eigenvalue weighted by atomic mass is 16.3. The van der Waals surface area contributed by atoms with Crippen molar-refractivity contribution in [3.63, 3.8) is 0 Å². The Balaban J connectivity index is 0.810. The minimum absolute atomic E-state index is 0.0758. The number of urea groups is 12. The number of amides is 24. The van der Waals surface area contributed by atoms with E-state index in [-0.39, 0.29) is 6.42 Å². The summed E-state index contributed by atoms with van der Waals surface area (Å²) in [7, 11) is 0. The molecule has 0 radical (unpaired) electrons. The fourth-order valence-electron chi connectivity index (χ4n) is 17.4. The van der Waals surface area contributed by atoms with Gasteiger partial charge in [0.15, 0.2) is 74.0 Å². The zero-order valence-corrected chi connectivity index (χ0v) is 41.7. The lowest BCUT2D eigenvalue weighted by molar-refractivity contribution is -0.0490. The highest BCUT2D eigenvalue weighted by Gasteiger charge is 2.76. The van der Waals surface area contributed by atoms with Gasteiger partial charge in [0, 0.05) is 0 Å². The van der Waals surface area contributed by atoms with Crippen LogP contribution in [0.1, 0.15) is 12.0 Å². The summed E-state index contributed by atoms with van der Waals surface area (Å²) in [5.41, 5.74) is 0.851. The van der Waals surface area contributed by atoms with Crippen LogP contribution in [0.4, 0.5) is 57.5 Å². The Hall–Kier alpha value is -9.54. The van der Waals surface area contributed by atoms with Gasteiger partial charge in [-0.15, -0.1) is 0 Å². The van der Waals surface area contributed by atoms with Crippen LogP contribution in [0.15, 0.2) is 30.3 Å². The lowest BCUT2D eigenvalue weighted by Gasteiger charge is -2.46. The first-order valence-electron chi connectivity index (χ1n) is 26.7.